The van der Waals surface area contributed by atoms with Gasteiger partial charge in [0.1, 0.15) is 5.75 Å². The van der Waals surface area contributed by atoms with Crippen molar-refractivity contribution in [2.24, 2.45) is 5.41 Å². The number of hydrogen-bond donors (Lipinski definition) is 2. The van der Waals surface area contributed by atoms with E-state index >= 15 is 0 Å². The molecule has 0 aromatic heterocycles. The van der Waals surface area contributed by atoms with Crippen LogP contribution in [-0.4, -0.2) is 13.1 Å². The molecule has 2 N–H and O–H groups in total. The molecule has 0 aliphatic rings. The molecular formula is C15H21ClN2O2. The van der Waals surface area contributed by atoms with Crippen molar-refractivity contribution in [1.29, 1.82) is 0 Å². The number of halogens is 1. The van der Waals surface area contributed by atoms with Crippen molar-refractivity contribution in [3.05, 3.63) is 35.0 Å². The van der Waals surface area contributed by atoms with Crippen molar-refractivity contribution >= 4 is 23.3 Å². The van der Waals surface area contributed by atoms with Crippen LogP contribution in [-0.2, 0) is 0 Å². The lowest BCUT2D eigenvalue weighted by Gasteiger charge is -2.19. The number of hydrogen-bond acceptors (Lipinski definition) is 2. The predicted octanol–water partition coefficient (Wildman–Crippen LogP) is 4.42. The van der Waals surface area contributed by atoms with Crippen molar-refractivity contribution in [1.82, 2.24) is 5.32 Å². The van der Waals surface area contributed by atoms with Crippen molar-refractivity contribution in [2.45, 2.75) is 27.7 Å². The Labute approximate surface area is 125 Å². The van der Waals surface area contributed by atoms with Crippen LogP contribution in [0.3, 0.4) is 0 Å². The summed E-state index contributed by atoms with van der Waals surface area (Å²) in [6.45, 7) is 8.23. The SMILES string of the molecule is COc1ccc(NC(=O)N/C=C(\C)C(C)(C)C)cc1Cl. The van der Waals surface area contributed by atoms with Crippen LogP contribution in [0.25, 0.3) is 0 Å². The molecule has 0 fully saturated rings. The first-order chi connectivity index (χ1) is 9.24. The monoisotopic (exact) mass is 296 g/mol. The third-order valence-electron chi connectivity index (χ3n) is 3.01. The van der Waals surface area contributed by atoms with Crippen molar-refractivity contribution in [3.63, 3.8) is 0 Å². The summed E-state index contributed by atoms with van der Waals surface area (Å²) in [5.74, 6) is 0.570. The van der Waals surface area contributed by atoms with Crippen molar-refractivity contribution in [2.75, 3.05) is 12.4 Å². The molecule has 0 saturated heterocycles. The largest absolute Gasteiger partial charge is 0.495 e. The lowest BCUT2D eigenvalue weighted by molar-refractivity contribution is 0.255. The van der Waals surface area contributed by atoms with E-state index in [2.05, 4.69) is 31.4 Å². The van der Waals surface area contributed by atoms with Gasteiger partial charge < -0.3 is 15.4 Å². The second-order valence-electron chi connectivity index (χ2n) is 5.53. The van der Waals surface area contributed by atoms with E-state index in [-0.39, 0.29) is 11.4 Å². The zero-order valence-electron chi connectivity index (χ0n) is 12.5. The van der Waals surface area contributed by atoms with Crippen LogP contribution in [0.15, 0.2) is 30.0 Å². The van der Waals surface area contributed by atoms with Gasteiger partial charge in [0.15, 0.2) is 0 Å². The van der Waals surface area contributed by atoms with Gasteiger partial charge in [-0.25, -0.2) is 4.79 Å². The Balaban J connectivity index is 2.66. The maximum Gasteiger partial charge on any atom is 0.323 e. The topological polar surface area (TPSA) is 50.4 Å². The minimum absolute atomic E-state index is 0.0245. The summed E-state index contributed by atoms with van der Waals surface area (Å²) in [5, 5.41) is 5.86. The van der Waals surface area contributed by atoms with E-state index in [1.807, 2.05) is 6.92 Å². The molecular weight excluding hydrogens is 276 g/mol. The molecule has 0 radical (unpaired) electrons. The average molecular weight is 297 g/mol. The Kier molecular flexibility index (Phi) is 5.45. The van der Waals surface area contributed by atoms with Gasteiger partial charge >= 0.3 is 6.03 Å². The summed E-state index contributed by atoms with van der Waals surface area (Å²) in [6.07, 6.45) is 1.71. The molecule has 0 unspecified atom stereocenters. The van der Waals surface area contributed by atoms with E-state index in [0.717, 1.165) is 5.57 Å². The highest BCUT2D eigenvalue weighted by atomic mass is 35.5. The van der Waals surface area contributed by atoms with Gasteiger partial charge in [0.05, 0.1) is 12.1 Å². The number of urea groups is 1. The fraction of sp³-hybridized carbons (Fsp3) is 0.400. The molecule has 1 aromatic carbocycles. The van der Waals surface area contributed by atoms with Gasteiger partial charge in [0.25, 0.3) is 0 Å². The summed E-state index contributed by atoms with van der Waals surface area (Å²) in [6, 6.07) is 4.76. The second-order valence-corrected chi connectivity index (χ2v) is 5.93. The van der Waals surface area contributed by atoms with Crippen molar-refractivity contribution < 1.29 is 9.53 Å². The fourth-order valence-electron chi connectivity index (χ4n) is 1.30. The van der Waals surface area contributed by atoms with Crippen LogP contribution in [0.4, 0.5) is 10.5 Å². The smallest absolute Gasteiger partial charge is 0.323 e. The minimum Gasteiger partial charge on any atom is -0.495 e. The highest BCUT2D eigenvalue weighted by Gasteiger charge is 2.12. The number of rotatable bonds is 3. The van der Waals surface area contributed by atoms with Crippen LogP contribution in [0, 0.1) is 5.41 Å². The van der Waals surface area contributed by atoms with Crippen LogP contribution < -0.4 is 15.4 Å². The molecule has 110 valence electrons. The van der Waals surface area contributed by atoms with E-state index in [4.69, 9.17) is 16.3 Å². The first kappa shape index (κ1) is 16.4. The zero-order chi connectivity index (χ0) is 15.3. The molecule has 0 bridgehead atoms. The Hall–Kier alpha value is -1.68. The predicted molar refractivity (Wildman–Crippen MR) is 83.4 cm³/mol. The zero-order valence-corrected chi connectivity index (χ0v) is 13.3. The Morgan fingerprint density at radius 3 is 2.50 bits per heavy atom. The fourth-order valence-corrected chi connectivity index (χ4v) is 1.56. The number of anilines is 1. The second kappa shape index (κ2) is 6.66. The highest BCUT2D eigenvalue weighted by molar-refractivity contribution is 6.32. The molecule has 5 heteroatoms. The molecule has 0 spiro atoms. The molecule has 0 aliphatic heterocycles. The Morgan fingerprint density at radius 2 is 2.00 bits per heavy atom. The number of carbonyl (C=O) groups is 1. The first-order valence-corrected chi connectivity index (χ1v) is 6.70. The Morgan fingerprint density at radius 1 is 1.35 bits per heavy atom. The molecule has 0 atom stereocenters. The van der Waals surface area contributed by atoms with Gasteiger partial charge in [-0.3, -0.25) is 0 Å². The van der Waals surface area contributed by atoms with Gasteiger partial charge in [0, 0.05) is 11.9 Å². The normalized spacial score (nSPS) is 12.0. The number of methoxy groups -OCH3 is 1. The van der Waals surface area contributed by atoms with E-state index in [1.54, 1.807) is 31.5 Å². The maximum atomic E-state index is 11.8. The maximum absolute atomic E-state index is 11.8. The third kappa shape index (κ3) is 4.78. The van der Waals surface area contributed by atoms with Gasteiger partial charge in [-0.1, -0.05) is 37.9 Å². The van der Waals surface area contributed by atoms with Gasteiger partial charge in [-0.15, -0.1) is 0 Å². The van der Waals surface area contributed by atoms with Gasteiger partial charge in [-0.05, 0) is 30.5 Å². The van der Waals surface area contributed by atoms with Crippen LogP contribution in [0.2, 0.25) is 5.02 Å². The molecule has 4 nitrogen and oxygen atoms in total. The Bertz CT molecular complexity index is 519. The molecule has 0 aliphatic carbocycles. The summed E-state index contributed by atoms with van der Waals surface area (Å²) in [5.41, 5.74) is 1.71. The quantitative estimate of drug-likeness (QED) is 0.867. The minimum atomic E-state index is -0.310. The van der Waals surface area contributed by atoms with Crippen LogP contribution in [0.5, 0.6) is 5.75 Å². The number of ether oxygens (including phenoxy) is 1. The molecule has 2 amide bonds. The summed E-state index contributed by atoms with van der Waals surface area (Å²) < 4.78 is 5.05. The standard InChI is InChI=1S/C15H21ClN2O2/c1-10(15(2,3)4)9-17-14(19)18-11-6-7-13(20-5)12(16)8-11/h6-9H,1-5H3,(H2,17,18,19)/b10-9+. The molecule has 1 rings (SSSR count). The number of nitrogens with one attached hydrogen (secondary N) is 2. The number of carbonyl (C=O) groups excluding carboxylic acids is 1. The summed E-state index contributed by atoms with van der Waals surface area (Å²) in [7, 11) is 1.54. The van der Waals surface area contributed by atoms with E-state index in [0.29, 0.717) is 16.5 Å². The highest BCUT2D eigenvalue weighted by Crippen LogP contribution is 2.27. The van der Waals surface area contributed by atoms with Gasteiger partial charge in [0.2, 0.25) is 0 Å². The van der Waals surface area contributed by atoms with Gasteiger partial charge in [-0.2, -0.15) is 0 Å². The number of amides is 2. The lowest BCUT2D eigenvalue weighted by Crippen LogP contribution is -2.25. The first-order valence-electron chi connectivity index (χ1n) is 6.32. The van der Waals surface area contributed by atoms with E-state index < -0.39 is 0 Å². The van der Waals surface area contributed by atoms with Crippen molar-refractivity contribution in [3.8, 4) is 5.75 Å². The third-order valence-corrected chi connectivity index (χ3v) is 3.31. The molecule has 0 heterocycles. The van der Waals surface area contributed by atoms with E-state index in [1.165, 1.54) is 0 Å². The summed E-state index contributed by atoms with van der Waals surface area (Å²) in [4.78, 5) is 11.8. The molecule has 0 saturated carbocycles. The average Bonchev–Trinajstić information content (AvgIpc) is 2.35. The number of allylic oxidation sites excluding steroid dienone is 1. The van der Waals surface area contributed by atoms with E-state index in [9.17, 15) is 4.79 Å². The summed E-state index contributed by atoms with van der Waals surface area (Å²) >= 11 is 5.99. The van der Waals surface area contributed by atoms with Crippen LogP contribution >= 0.6 is 11.6 Å². The molecule has 20 heavy (non-hydrogen) atoms. The molecule has 1 aromatic rings. The lowest BCUT2D eigenvalue weighted by atomic mass is 9.88. The van der Waals surface area contributed by atoms with Crippen LogP contribution in [0.1, 0.15) is 27.7 Å². The number of benzene rings is 1.